The van der Waals surface area contributed by atoms with Crippen LogP contribution in [0.25, 0.3) is 0 Å². The van der Waals surface area contributed by atoms with Crippen LogP contribution in [-0.2, 0) is 10.2 Å². The van der Waals surface area contributed by atoms with Crippen molar-refractivity contribution in [2.24, 2.45) is 0 Å². The molecule has 0 atom stereocenters. The summed E-state index contributed by atoms with van der Waals surface area (Å²) >= 11 is 0. The maximum atomic E-state index is 11.6. The molecule has 0 heterocycles. The Morgan fingerprint density at radius 1 is 1.06 bits per heavy atom. The van der Waals surface area contributed by atoms with Gasteiger partial charge in [-0.3, -0.25) is 4.79 Å². The van der Waals surface area contributed by atoms with E-state index in [1.165, 1.54) is 19.4 Å². The fourth-order valence-electron chi connectivity index (χ4n) is 1.34. The van der Waals surface area contributed by atoms with Crippen LogP contribution >= 0.6 is 0 Å². The van der Waals surface area contributed by atoms with Crippen molar-refractivity contribution in [1.29, 1.82) is 0 Å². The van der Waals surface area contributed by atoms with Crippen molar-refractivity contribution in [3.63, 3.8) is 0 Å². The minimum atomic E-state index is -1.36. The zero-order chi connectivity index (χ0) is 13.3. The summed E-state index contributed by atoms with van der Waals surface area (Å²) < 4.78 is 0. The van der Waals surface area contributed by atoms with Crippen molar-refractivity contribution in [1.82, 2.24) is 0 Å². The lowest BCUT2D eigenvalue weighted by Crippen LogP contribution is -2.36. The quantitative estimate of drug-likeness (QED) is 0.828. The number of anilines is 1. The third kappa shape index (κ3) is 3.86. The molecule has 0 aliphatic heterocycles. The lowest BCUT2D eigenvalue weighted by Gasteiger charge is -2.20. The molecule has 17 heavy (non-hydrogen) atoms. The van der Waals surface area contributed by atoms with Gasteiger partial charge in [-0.15, -0.1) is 0 Å². The van der Waals surface area contributed by atoms with Crippen molar-refractivity contribution in [3.8, 4) is 0 Å². The topological polar surface area (TPSA) is 49.3 Å². The molecular weight excluding hydrogens is 214 g/mol. The van der Waals surface area contributed by atoms with E-state index < -0.39 is 11.5 Å². The van der Waals surface area contributed by atoms with Gasteiger partial charge in [-0.25, -0.2) is 0 Å². The molecule has 0 saturated heterocycles. The first-order chi connectivity index (χ1) is 7.60. The first-order valence-corrected chi connectivity index (χ1v) is 5.75. The Hall–Kier alpha value is -1.35. The Kier molecular flexibility index (Phi) is 3.62. The van der Waals surface area contributed by atoms with Gasteiger partial charge < -0.3 is 10.4 Å². The first kappa shape index (κ1) is 13.7. The number of hydrogen-bond donors (Lipinski definition) is 2. The van der Waals surface area contributed by atoms with E-state index >= 15 is 0 Å². The molecule has 1 amide bonds. The van der Waals surface area contributed by atoms with Gasteiger partial charge in [-0.2, -0.15) is 0 Å². The minimum Gasteiger partial charge on any atom is -0.381 e. The Morgan fingerprint density at radius 2 is 1.53 bits per heavy atom. The minimum absolute atomic E-state index is 0.0960. The Bertz CT molecular complexity index is 394. The van der Waals surface area contributed by atoms with Crippen molar-refractivity contribution in [2.75, 3.05) is 5.32 Å². The number of aliphatic hydroxyl groups is 1. The van der Waals surface area contributed by atoms with Crippen LogP contribution in [0, 0.1) is 0 Å². The number of benzene rings is 1. The van der Waals surface area contributed by atoms with Crippen LogP contribution in [0.1, 0.15) is 40.2 Å². The average molecular weight is 235 g/mol. The smallest absolute Gasteiger partial charge is 0.255 e. The van der Waals surface area contributed by atoms with E-state index in [2.05, 4.69) is 26.1 Å². The van der Waals surface area contributed by atoms with E-state index in [0.717, 1.165) is 0 Å². The molecule has 0 aliphatic rings. The molecule has 3 heteroatoms. The normalized spacial score (nSPS) is 12.4. The molecule has 0 bridgehead atoms. The molecule has 94 valence electrons. The summed E-state index contributed by atoms with van der Waals surface area (Å²) in [6.07, 6.45) is 0. The highest BCUT2D eigenvalue weighted by atomic mass is 16.3. The van der Waals surface area contributed by atoms with E-state index in [0.29, 0.717) is 5.69 Å². The molecule has 0 unspecified atom stereocenters. The lowest BCUT2D eigenvalue weighted by molar-refractivity contribution is -0.130. The fraction of sp³-hybridized carbons (Fsp3) is 0.500. The number of carbonyl (C=O) groups excluding carboxylic acids is 1. The summed E-state index contributed by atoms with van der Waals surface area (Å²) in [7, 11) is 0. The SMILES string of the molecule is CC(C)(O)C(=O)Nc1ccc(C(C)(C)C)cc1. The van der Waals surface area contributed by atoms with Crippen molar-refractivity contribution >= 4 is 11.6 Å². The van der Waals surface area contributed by atoms with E-state index in [1.807, 2.05) is 24.3 Å². The summed E-state index contributed by atoms with van der Waals surface area (Å²) in [5.74, 6) is -0.402. The second kappa shape index (κ2) is 4.49. The van der Waals surface area contributed by atoms with Crippen LogP contribution in [0.15, 0.2) is 24.3 Å². The molecule has 0 aromatic heterocycles. The van der Waals surface area contributed by atoms with Gasteiger partial charge in [0.05, 0.1) is 0 Å². The van der Waals surface area contributed by atoms with Gasteiger partial charge in [0.15, 0.2) is 0 Å². The number of hydrogen-bond acceptors (Lipinski definition) is 2. The molecule has 0 spiro atoms. The van der Waals surface area contributed by atoms with Gasteiger partial charge in [-0.05, 0) is 37.0 Å². The second-order valence-corrected chi connectivity index (χ2v) is 5.84. The van der Waals surface area contributed by atoms with Crippen molar-refractivity contribution in [2.45, 2.75) is 45.6 Å². The summed E-state index contributed by atoms with van der Waals surface area (Å²) in [6, 6.07) is 7.68. The van der Waals surface area contributed by atoms with E-state index in [4.69, 9.17) is 0 Å². The van der Waals surface area contributed by atoms with E-state index in [-0.39, 0.29) is 5.41 Å². The van der Waals surface area contributed by atoms with Gasteiger partial charge in [-0.1, -0.05) is 32.9 Å². The molecule has 3 nitrogen and oxygen atoms in total. The maximum absolute atomic E-state index is 11.6. The highest BCUT2D eigenvalue weighted by molar-refractivity contribution is 5.96. The third-order valence-corrected chi connectivity index (χ3v) is 2.56. The monoisotopic (exact) mass is 235 g/mol. The van der Waals surface area contributed by atoms with Crippen molar-refractivity contribution in [3.05, 3.63) is 29.8 Å². The molecule has 0 fully saturated rings. The van der Waals surface area contributed by atoms with Gasteiger partial charge >= 0.3 is 0 Å². The molecule has 1 aromatic rings. The molecule has 1 rings (SSSR count). The molecule has 0 saturated carbocycles. The summed E-state index contributed by atoms with van der Waals surface area (Å²) in [5.41, 5.74) is 0.644. The van der Waals surface area contributed by atoms with Gasteiger partial charge in [0, 0.05) is 5.69 Å². The number of nitrogens with one attached hydrogen (secondary N) is 1. The first-order valence-electron chi connectivity index (χ1n) is 5.75. The Morgan fingerprint density at radius 3 is 1.88 bits per heavy atom. The largest absolute Gasteiger partial charge is 0.381 e. The van der Waals surface area contributed by atoms with Crippen LogP contribution in [0.5, 0.6) is 0 Å². The van der Waals surface area contributed by atoms with E-state index in [9.17, 15) is 9.90 Å². The molecule has 0 radical (unpaired) electrons. The summed E-state index contributed by atoms with van der Waals surface area (Å²) in [5, 5.41) is 12.2. The average Bonchev–Trinajstić information content (AvgIpc) is 2.15. The maximum Gasteiger partial charge on any atom is 0.255 e. The van der Waals surface area contributed by atoms with Gasteiger partial charge in [0.2, 0.25) is 0 Å². The molecule has 0 aliphatic carbocycles. The highest BCUT2D eigenvalue weighted by Crippen LogP contribution is 2.23. The van der Waals surface area contributed by atoms with Crippen LogP contribution in [0.4, 0.5) is 5.69 Å². The standard InChI is InChI=1S/C14H21NO2/c1-13(2,3)10-6-8-11(9-7-10)15-12(16)14(4,5)17/h6-9,17H,1-5H3,(H,15,16). The van der Waals surface area contributed by atoms with Crippen LogP contribution < -0.4 is 5.32 Å². The Labute approximate surface area is 103 Å². The number of rotatable bonds is 2. The van der Waals surface area contributed by atoms with Crippen LogP contribution in [0.2, 0.25) is 0 Å². The second-order valence-electron chi connectivity index (χ2n) is 5.84. The zero-order valence-corrected chi connectivity index (χ0v) is 11.2. The predicted octanol–water partition coefficient (Wildman–Crippen LogP) is 2.69. The fourth-order valence-corrected chi connectivity index (χ4v) is 1.34. The van der Waals surface area contributed by atoms with E-state index in [1.54, 1.807) is 0 Å². The Balaban J connectivity index is 2.80. The molecule has 1 aromatic carbocycles. The number of amides is 1. The van der Waals surface area contributed by atoms with Gasteiger partial charge in [0.1, 0.15) is 5.60 Å². The lowest BCUT2D eigenvalue weighted by atomic mass is 9.87. The predicted molar refractivity (Wildman–Crippen MR) is 70.1 cm³/mol. The summed E-state index contributed by atoms with van der Waals surface area (Å²) in [6.45, 7) is 9.34. The van der Waals surface area contributed by atoms with Gasteiger partial charge in [0.25, 0.3) is 5.91 Å². The summed E-state index contributed by atoms with van der Waals surface area (Å²) in [4.78, 5) is 11.6. The number of carbonyl (C=O) groups is 1. The third-order valence-electron chi connectivity index (χ3n) is 2.56. The highest BCUT2D eigenvalue weighted by Gasteiger charge is 2.23. The zero-order valence-electron chi connectivity index (χ0n) is 11.2. The molecular formula is C14H21NO2. The van der Waals surface area contributed by atoms with Crippen LogP contribution in [0.3, 0.4) is 0 Å². The van der Waals surface area contributed by atoms with Crippen molar-refractivity contribution < 1.29 is 9.90 Å². The van der Waals surface area contributed by atoms with Crippen LogP contribution in [-0.4, -0.2) is 16.6 Å². The molecule has 2 N–H and O–H groups in total.